The van der Waals surface area contributed by atoms with Crippen molar-refractivity contribution < 1.29 is 9.66 Å². The van der Waals surface area contributed by atoms with E-state index in [1.165, 1.54) is 17.1 Å². The summed E-state index contributed by atoms with van der Waals surface area (Å²) in [7, 11) is 0. The van der Waals surface area contributed by atoms with Crippen molar-refractivity contribution in [3.63, 3.8) is 0 Å². The van der Waals surface area contributed by atoms with Crippen LogP contribution in [0.25, 0.3) is 0 Å². The van der Waals surface area contributed by atoms with Gasteiger partial charge in [0, 0.05) is 5.75 Å². The van der Waals surface area contributed by atoms with E-state index < -0.39 is 4.92 Å². The highest BCUT2D eigenvalue weighted by molar-refractivity contribution is 7.80. The lowest BCUT2D eigenvalue weighted by atomic mass is 10.6. The minimum absolute atomic E-state index is 0.000745. The van der Waals surface area contributed by atoms with Crippen LogP contribution in [-0.4, -0.2) is 33.7 Å². The fraction of sp³-hybridized carbons (Fsp3) is 0.571. The van der Waals surface area contributed by atoms with E-state index in [-0.39, 0.29) is 5.69 Å². The van der Waals surface area contributed by atoms with E-state index in [9.17, 15) is 10.1 Å². The molecule has 0 aromatic carbocycles. The van der Waals surface area contributed by atoms with Gasteiger partial charge < -0.3 is 4.74 Å². The summed E-state index contributed by atoms with van der Waals surface area (Å²) in [5, 5.41) is 14.1. The Kier molecular flexibility index (Phi) is 4.41. The molecule has 1 aromatic rings. The van der Waals surface area contributed by atoms with E-state index in [1.54, 1.807) is 0 Å². The van der Waals surface area contributed by atoms with Crippen molar-refractivity contribution in [1.82, 2.24) is 9.78 Å². The van der Waals surface area contributed by atoms with Crippen molar-refractivity contribution in [2.45, 2.75) is 6.54 Å². The molecule has 0 aliphatic rings. The van der Waals surface area contributed by atoms with E-state index in [4.69, 9.17) is 4.74 Å². The number of hydrogen-bond acceptors (Lipinski definition) is 5. The standard InChI is InChI=1S/C7H11N3O3S/c11-10(12)7-5-8-9(6-7)1-2-13-3-4-14/h5-6,14H,1-4H2. The molecule has 1 aromatic heterocycles. The number of nitrogens with zero attached hydrogens (tertiary/aromatic N) is 3. The van der Waals surface area contributed by atoms with E-state index in [1.807, 2.05) is 0 Å². The molecule has 7 heteroatoms. The lowest BCUT2D eigenvalue weighted by molar-refractivity contribution is -0.385. The largest absolute Gasteiger partial charge is 0.379 e. The Morgan fingerprint density at radius 3 is 3.00 bits per heavy atom. The summed E-state index contributed by atoms with van der Waals surface area (Å²) in [5.41, 5.74) is -0.000745. The van der Waals surface area contributed by atoms with Gasteiger partial charge in [0.1, 0.15) is 12.4 Å². The monoisotopic (exact) mass is 217 g/mol. The van der Waals surface area contributed by atoms with Crippen LogP contribution in [0.5, 0.6) is 0 Å². The molecule has 0 spiro atoms. The molecule has 0 saturated heterocycles. The summed E-state index contributed by atoms with van der Waals surface area (Å²) in [4.78, 5) is 9.83. The Morgan fingerprint density at radius 1 is 1.64 bits per heavy atom. The molecular weight excluding hydrogens is 206 g/mol. The maximum absolute atomic E-state index is 10.3. The predicted molar refractivity (Wildman–Crippen MR) is 53.6 cm³/mol. The van der Waals surface area contributed by atoms with Gasteiger partial charge in [0.2, 0.25) is 0 Å². The summed E-state index contributed by atoms with van der Waals surface area (Å²) in [6.07, 6.45) is 2.60. The van der Waals surface area contributed by atoms with Crippen LogP contribution in [0.3, 0.4) is 0 Å². The molecule has 0 atom stereocenters. The van der Waals surface area contributed by atoms with Crippen molar-refractivity contribution in [3.8, 4) is 0 Å². The topological polar surface area (TPSA) is 70.2 Å². The fourth-order valence-corrected chi connectivity index (χ4v) is 1.02. The van der Waals surface area contributed by atoms with E-state index in [2.05, 4.69) is 17.7 Å². The van der Waals surface area contributed by atoms with Crippen LogP contribution >= 0.6 is 12.6 Å². The maximum atomic E-state index is 10.3. The smallest absolute Gasteiger partial charge is 0.306 e. The average molecular weight is 217 g/mol. The summed E-state index contributed by atoms with van der Waals surface area (Å²) in [5.74, 6) is 0.666. The second kappa shape index (κ2) is 5.61. The molecule has 78 valence electrons. The molecule has 0 amide bonds. The maximum Gasteiger partial charge on any atom is 0.306 e. The number of aromatic nitrogens is 2. The molecule has 0 aliphatic heterocycles. The van der Waals surface area contributed by atoms with E-state index in [0.29, 0.717) is 25.5 Å². The third-order valence-corrected chi connectivity index (χ3v) is 1.71. The summed E-state index contributed by atoms with van der Waals surface area (Å²) >= 11 is 3.98. The first-order valence-corrected chi connectivity index (χ1v) is 4.72. The van der Waals surface area contributed by atoms with Crippen molar-refractivity contribution in [2.24, 2.45) is 0 Å². The molecule has 0 saturated carbocycles. The van der Waals surface area contributed by atoms with Crippen molar-refractivity contribution in [1.29, 1.82) is 0 Å². The minimum Gasteiger partial charge on any atom is -0.379 e. The van der Waals surface area contributed by atoms with Crippen molar-refractivity contribution >= 4 is 18.3 Å². The number of ether oxygens (including phenoxy) is 1. The molecule has 0 unspecified atom stereocenters. The first-order valence-electron chi connectivity index (χ1n) is 4.09. The molecule has 6 nitrogen and oxygen atoms in total. The van der Waals surface area contributed by atoms with Gasteiger partial charge in [-0.2, -0.15) is 17.7 Å². The van der Waals surface area contributed by atoms with E-state index in [0.717, 1.165) is 0 Å². The summed E-state index contributed by atoms with van der Waals surface area (Å²) in [6, 6.07) is 0. The Bertz CT molecular complexity index is 302. The van der Waals surface area contributed by atoms with Crippen LogP contribution in [0.15, 0.2) is 12.4 Å². The molecule has 0 aliphatic carbocycles. The van der Waals surface area contributed by atoms with Gasteiger partial charge in [-0.05, 0) is 0 Å². The van der Waals surface area contributed by atoms with Crippen LogP contribution in [0.1, 0.15) is 0 Å². The summed E-state index contributed by atoms with van der Waals surface area (Å²) in [6.45, 7) is 1.58. The number of thiol groups is 1. The number of hydrogen-bond donors (Lipinski definition) is 1. The van der Waals surface area contributed by atoms with E-state index >= 15 is 0 Å². The third kappa shape index (κ3) is 3.35. The molecule has 0 radical (unpaired) electrons. The van der Waals surface area contributed by atoms with Crippen LogP contribution in [-0.2, 0) is 11.3 Å². The van der Waals surface area contributed by atoms with Gasteiger partial charge in [0.05, 0.1) is 24.7 Å². The fourth-order valence-electron chi connectivity index (χ4n) is 0.894. The normalized spacial score (nSPS) is 10.4. The molecule has 0 bridgehead atoms. The Balaban J connectivity index is 2.33. The molecule has 0 fully saturated rings. The van der Waals surface area contributed by atoms with Gasteiger partial charge in [-0.3, -0.25) is 14.8 Å². The Hall–Kier alpha value is -1.08. The Labute approximate surface area is 86.4 Å². The van der Waals surface area contributed by atoms with Crippen LogP contribution in [0.2, 0.25) is 0 Å². The van der Waals surface area contributed by atoms with Gasteiger partial charge in [-0.25, -0.2) is 0 Å². The van der Waals surface area contributed by atoms with Crippen LogP contribution in [0.4, 0.5) is 5.69 Å². The van der Waals surface area contributed by atoms with Crippen molar-refractivity contribution in [2.75, 3.05) is 19.0 Å². The highest BCUT2D eigenvalue weighted by Crippen LogP contribution is 2.07. The second-order valence-electron chi connectivity index (χ2n) is 2.55. The van der Waals surface area contributed by atoms with Gasteiger partial charge >= 0.3 is 5.69 Å². The first-order chi connectivity index (χ1) is 6.74. The predicted octanol–water partition coefficient (Wildman–Crippen LogP) is 0.738. The highest BCUT2D eigenvalue weighted by Gasteiger charge is 2.07. The van der Waals surface area contributed by atoms with Gasteiger partial charge in [0.15, 0.2) is 0 Å². The van der Waals surface area contributed by atoms with Gasteiger partial charge in [-0.1, -0.05) is 0 Å². The number of rotatable bonds is 6. The molecule has 0 N–H and O–H groups in total. The second-order valence-corrected chi connectivity index (χ2v) is 3.00. The first kappa shape index (κ1) is 11.0. The summed E-state index contributed by atoms with van der Waals surface area (Å²) < 4.78 is 6.63. The molecule has 14 heavy (non-hydrogen) atoms. The average Bonchev–Trinajstić information content (AvgIpc) is 2.61. The minimum atomic E-state index is -0.474. The van der Waals surface area contributed by atoms with Gasteiger partial charge in [-0.15, -0.1) is 0 Å². The van der Waals surface area contributed by atoms with Crippen molar-refractivity contribution in [3.05, 3.63) is 22.5 Å². The van der Waals surface area contributed by atoms with Crippen LogP contribution in [0, 0.1) is 10.1 Å². The molecule has 1 heterocycles. The molecular formula is C7H11N3O3S. The Morgan fingerprint density at radius 2 is 2.43 bits per heavy atom. The molecule has 1 rings (SSSR count). The van der Waals surface area contributed by atoms with Gasteiger partial charge in [0.25, 0.3) is 0 Å². The zero-order valence-electron chi connectivity index (χ0n) is 7.50. The zero-order chi connectivity index (χ0) is 10.4. The lowest BCUT2D eigenvalue weighted by Crippen LogP contribution is -2.07. The SMILES string of the molecule is O=[N+]([O-])c1cnn(CCOCCS)c1. The third-order valence-electron chi connectivity index (χ3n) is 1.53. The zero-order valence-corrected chi connectivity index (χ0v) is 8.39. The number of nitro groups is 1. The highest BCUT2D eigenvalue weighted by atomic mass is 32.1. The lowest BCUT2D eigenvalue weighted by Gasteiger charge is -2.01. The quantitative estimate of drug-likeness (QED) is 0.330. The van der Waals surface area contributed by atoms with Crippen LogP contribution < -0.4 is 0 Å².